The van der Waals surface area contributed by atoms with Crippen LogP contribution in [0.5, 0.6) is 0 Å². The first-order chi connectivity index (χ1) is 4.48. The number of nitriles is 1. The van der Waals surface area contributed by atoms with Gasteiger partial charge in [0.2, 0.25) is 0 Å². The van der Waals surface area contributed by atoms with Crippen LogP contribution in [0.25, 0.3) is 0 Å². The Kier molecular flexibility index (Phi) is 3.39. The van der Waals surface area contributed by atoms with Crippen LogP contribution in [0.4, 0.5) is 4.79 Å². The standard InChI is InChI=1S/C4H8N2O2S2/c1-10(2,9-3-5)6-4(7)8/h6H,1-2H3,(H,7,8). The van der Waals surface area contributed by atoms with Crippen LogP contribution in [0.3, 0.4) is 0 Å². The van der Waals surface area contributed by atoms with Gasteiger partial charge in [-0.1, -0.05) is 0 Å². The van der Waals surface area contributed by atoms with Crippen molar-refractivity contribution < 1.29 is 9.90 Å². The van der Waals surface area contributed by atoms with Gasteiger partial charge in [0.15, 0.2) is 0 Å². The third-order valence-corrected chi connectivity index (χ3v) is 3.46. The fraction of sp³-hybridized carbons (Fsp3) is 0.500. The number of hydrogen-bond acceptors (Lipinski definition) is 3. The van der Waals surface area contributed by atoms with E-state index in [1.807, 2.05) is 5.40 Å². The second kappa shape index (κ2) is 3.58. The van der Waals surface area contributed by atoms with Gasteiger partial charge >= 0.3 is 6.09 Å². The molecule has 0 heterocycles. The Balaban J connectivity index is 3.89. The summed E-state index contributed by atoms with van der Waals surface area (Å²) in [5.74, 6) is 0. The van der Waals surface area contributed by atoms with E-state index in [2.05, 4.69) is 4.72 Å². The topological polar surface area (TPSA) is 73.1 Å². The maximum atomic E-state index is 10.1. The Morgan fingerprint density at radius 1 is 1.80 bits per heavy atom. The molecule has 0 fully saturated rings. The zero-order valence-corrected chi connectivity index (χ0v) is 7.25. The molecule has 6 heteroatoms. The van der Waals surface area contributed by atoms with E-state index in [1.165, 1.54) is 0 Å². The first-order valence-corrected chi connectivity index (χ1v) is 6.08. The van der Waals surface area contributed by atoms with E-state index in [-0.39, 0.29) is 0 Å². The molecule has 0 atom stereocenters. The summed E-state index contributed by atoms with van der Waals surface area (Å²) < 4.78 is 2.26. The minimum absolute atomic E-state index is 0.959. The molecule has 0 aliphatic heterocycles. The number of rotatable bonds is 2. The number of hydrogen-bond donors (Lipinski definition) is 2. The molecule has 4 nitrogen and oxygen atoms in total. The molecule has 10 heavy (non-hydrogen) atoms. The lowest BCUT2D eigenvalue weighted by Gasteiger charge is -2.25. The summed E-state index contributed by atoms with van der Waals surface area (Å²) in [7, 11) is -0.566. The molecule has 0 aromatic heterocycles. The highest BCUT2D eigenvalue weighted by Crippen LogP contribution is 2.48. The predicted molar refractivity (Wildman–Crippen MR) is 43.8 cm³/mol. The Hall–Kier alpha value is -0.540. The van der Waals surface area contributed by atoms with Crippen molar-refractivity contribution in [2.24, 2.45) is 0 Å². The van der Waals surface area contributed by atoms with Crippen LogP contribution >= 0.6 is 20.0 Å². The number of nitrogens with one attached hydrogen (secondary N) is 1. The van der Waals surface area contributed by atoms with Crippen LogP contribution in [-0.4, -0.2) is 23.7 Å². The lowest BCUT2D eigenvalue weighted by atomic mass is 11.3. The summed E-state index contributed by atoms with van der Waals surface area (Å²) in [6.07, 6.45) is 2.33. The summed E-state index contributed by atoms with van der Waals surface area (Å²) in [5.41, 5.74) is 0. The van der Waals surface area contributed by atoms with E-state index >= 15 is 0 Å². The monoisotopic (exact) mass is 180 g/mol. The summed E-state index contributed by atoms with van der Waals surface area (Å²) in [6, 6.07) is 0. The molecule has 0 radical (unpaired) electrons. The lowest BCUT2D eigenvalue weighted by molar-refractivity contribution is 0.201. The molecular formula is C4H8N2O2S2. The van der Waals surface area contributed by atoms with Gasteiger partial charge in [0.25, 0.3) is 0 Å². The Labute approximate surface area is 64.4 Å². The largest absolute Gasteiger partial charge is 0.464 e. The van der Waals surface area contributed by atoms with Crippen molar-refractivity contribution in [3.05, 3.63) is 0 Å². The average molecular weight is 180 g/mol. The fourth-order valence-electron chi connectivity index (χ4n) is 0.324. The minimum atomic E-state index is -1.52. The van der Waals surface area contributed by atoms with Crippen molar-refractivity contribution in [3.8, 4) is 5.40 Å². The van der Waals surface area contributed by atoms with Crippen molar-refractivity contribution in [3.63, 3.8) is 0 Å². The molecular weight excluding hydrogens is 172 g/mol. The molecule has 58 valence electrons. The number of nitrogens with zero attached hydrogens (tertiary/aromatic N) is 1. The van der Waals surface area contributed by atoms with Gasteiger partial charge in [-0.2, -0.15) is 5.26 Å². The number of thiocyanates is 1. The van der Waals surface area contributed by atoms with Crippen molar-refractivity contribution in [1.29, 1.82) is 5.26 Å². The Morgan fingerprint density at radius 3 is 2.60 bits per heavy atom. The number of amides is 1. The normalized spacial score (nSPS) is 11.7. The van der Waals surface area contributed by atoms with Crippen molar-refractivity contribution in [2.75, 3.05) is 12.5 Å². The van der Waals surface area contributed by atoms with Gasteiger partial charge in [-0.15, -0.1) is 9.25 Å². The molecule has 0 unspecified atom stereocenters. The van der Waals surface area contributed by atoms with E-state index in [0.29, 0.717) is 0 Å². The molecule has 0 aromatic carbocycles. The first kappa shape index (κ1) is 9.46. The lowest BCUT2D eigenvalue weighted by Crippen LogP contribution is -2.21. The molecule has 0 saturated carbocycles. The highest BCUT2D eigenvalue weighted by molar-refractivity contribution is 8.94. The zero-order chi connectivity index (χ0) is 8.20. The molecule has 0 saturated heterocycles. The van der Waals surface area contributed by atoms with Crippen molar-refractivity contribution in [2.45, 2.75) is 0 Å². The highest BCUT2D eigenvalue weighted by atomic mass is 33.2. The van der Waals surface area contributed by atoms with Gasteiger partial charge < -0.3 is 5.11 Å². The maximum absolute atomic E-state index is 10.1. The fourth-order valence-corrected chi connectivity index (χ4v) is 1.87. The summed E-state index contributed by atoms with van der Waals surface area (Å²) in [6.45, 7) is 0. The van der Waals surface area contributed by atoms with Gasteiger partial charge in [-0.05, 0) is 12.5 Å². The quantitative estimate of drug-likeness (QED) is 0.497. The molecule has 0 aliphatic rings. The van der Waals surface area contributed by atoms with Gasteiger partial charge in [0, 0.05) is 10.8 Å². The highest BCUT2D eigenvalue weighted by Gasteiger charge is 2.13. The van der Waals surface area contributed by atoms with Gasteiger partial charge in [0.1, 0.15) is 5.40 Å². The Bertz CT molecular complexity index is 175. The van der Waals surface area contributed by atoms with E-state index in [9.17, 15) is 4.79 Å². The first-order valence-electron chi connectivity index (χ1n) is 2.29. The Morgan fingerprint density at radius 2 is 2.30 bits per heavy atom. The average Bonchev–Trinajstić information content (AvgIpc) is 1.59. The SMILES string of the molecule is CS(C)(NC(=O)O)SC#N. The smallest absolute Gasteiger partial charge is 0.414 e. The second-order valence-corrected chi connectivity index (χ2v) is 7.83. The summed E-state index contributed by atoms with van der Waals surface area (Å²) in [4.78, 5) is 10.1. The van der Waals surface area contributed by atoms with E-state index in [4.69, 9.17) is 10.4 Å². The summed E-state index contributed by atoms with van der Waals surface area (Å²) in [5, 5.41) is 18.3. The third-order valence-electron chi connectivity index (χ3n) is 0.579. The van der Waals surface area contributed by atoms with Crippen LogP contribution < -0.4 is 4.72 Å². The van der Waals surface area contributed by atoms with Gasteiger partial charge in [-0.3, -0.25) is 4.72 Å². The zero-order valence-electron chi connectivity index (χ0n) is 5.62. The molecule has 2 N–H and O–H groups in total. The minimum Gasteiger partial charge on any atom is -0.464 e. The second-order valence-electron chi connectivity index (χ2n) is 1.81. The van der Waals surface area contributed by atoms with Gasteiger partial charge in [0.05, 0.1) is 0 Å². The van der Waals surface area contributed by atoms with Crippen LogP contribution in [0.15, 0.2) is 0 Å². The molecule has 0 spiro atoms. The van der Waals surface area contributed by atoms with Crippen molar-refractivity contribution in [1.82, 2.24) is 4.72 Å². The van der Waals surface area contributed by atoms with E-state index in [0.717, 1.165) is 10.8 Å². The maximum Gasteiger partial charge on any atom is 0.414 e. The van der Waals surface area contributed by atoms with Crippen LogP contribution in [-0.2, 0) is 0 Å². The van der Waals surface area contributed by atoms with Crippen LogP contribution in [0.1, 0.15) is 0 Å². The summed E-state index contributed by atoms with van der Waals surface area (Å²) >= 11 is 0. The molecule has 0 aromatic rings. The number of carbonyl (C=O) groups is 1. The predicted octanol–water partition coefficient (Wildman–Crippen LogP) is 1.36. The molecule has 0 bridgehead atoms. The number of carboxylic acid groups (broad SMARTS) is 1. The van der Waals surface area contributed by atoms with Crippen LogP contribution in [0, 0.1) is 10.7 Å². The molecule has 1 amide bonds. The molecule has 0 aliphatic carbocycles. The molecule has 0 rings (SSSR count). The van der Waals surface area contributed by atoms with Gasteiger partial charge in [-0.25, -0.2) is 4.79 Å². The van der Waals surface area contributed by atoms with Crippen molar-refractivity contribution >= 4 is 26.1 Å². The van der Waals surface area contributed by atoms with Crippen LogP contribution in [0.2, 0.25) is 0 Å². The van der Waals surface area contributed by atoms with E-state index in [1.54, 1.807) is 12.5 Å². The third kappa shape index (κ3) is 4.35. The van der Waals surface area contributed by atoms with E-state index < -0.39 is 15.3 Å².